The lowest BCUT2D eigenvalue weighted by atomic mass is 9.96. The summed E-state index contributed by atoms with van der Waals surface area (Å²) in [6.45, 7) is 7.96. The van der Waals surface area contributed by atoms with Gasteiger partial charge in [0, 0.05) is 68.7 Å². The Morgan fingerprint density at radius 3 is 2.43 bits per heavy atom. The van der Waals surface area contributed by atoms with Crippen LogP contribution in [-0.4, -0.2) is 92.1 Å². The quantitative estimate of drug-likeness (QED) is 0.534. The van der Waals surface area contributed by atoms with Crippen molar-refractivity contribution in [3.63, 3.8) is 0 Å². The summed E-state index contributed by atoms with van der Waals surface area (Å²) in [6, 6.07) is 15.9. The van der Waals surface area contributed by atoms with Crippen molar-refractivity contribution >= 4 is 42.6 Å². The molecule has 2 amide bonds. The number of hydrogen-bond donors (Lipinski definition) is 0. The maximum atomic E-state index is 12.1. The van der Waals surface area contributed by atoms with Gasteiger partial charge in [0.1, 0.15) is 5.75 Å². The van der Waals surface area contributed by atoms with E-state index in [0.717, 1.165) is 70.9 Å². The molecule has 1 atom stereocenters. The van der Waals surface area contributed by atoms with Crippen molar-refractivity contribution in [2.75, 3.05) is 66.5 Å². The summed E-state index contributed by atoms with van der Waals surface area (Å²) in [6.07, 6.45) is 2.08. The van der Waals surface area contributed by atoms with E-state index in [-0.39, 0.29) is 30.8 Å². The molecule has 5 rings (SSSR count). The number of nitrogens with zero attached hydrogens (tertiary/aromatic N) is 4. The zero-order valence-electron chi connectivity index (χ0n) is 20.5. The van der Waals surface area contributed by atoms with Gasteiger partial charge in [0.05, 0.1) is 7.11 Å². The third-order valence-corrected chi connectivity index (χ3v) is 8.44. The fraction of sp³-hybridized carbons (Fsp3) is 0.500. The Morgan fingerprint density at radius 1 is 0.943 bits per heavy atom. The Hall–Kier alpha value is -1.64. The van der Waals surface area contributed by atoms with E-state index < -0.39 is 0 Å². The van der Waals surface area contributed by atoms with E-state index in [1.807, 2.05) is 28.6 Å². The van der Waals surface area contributed by atoms with Crippen LogP contribution in [0.4, 0.5) is 4.79 Å². The molecule has 2 saturated heterocycles. The van der Waals surface area contributed by atoms with E-state index in [2.05, 4.69) is 52.3 Å². The first-order valence-electron chi connectivity index (χ1n) is 12.0. The number of methoxy groups -OCH3 is 1. The molecule has 2 aromatic carbocycles. The van der Waals surface area contributed by atoms with Crippen LogP contribution in [0.2, 0.25) is 0 Å². The largest absolute Gasteiger partial charge is 0.497 e. The minimum atomic E-state index is 0. The van der Waals surface area contributed by atoms with Crippen molar-refractivity contribution in [1.82, 2.24) is 19.6 Å². The van der Waals surface area contributed by atoms with Gasteiger partial charge in [0.25, 0.3) is 0 Å². The molecule has 192 valence electrons. The number of carbonyl (C=O) groups is 1. The number of ether oxygens (including phenoxy) is 1. The van der Waals surface area contributed by atoms with Crippen LogP contribution >= 0.6 is 36.6 Å². The van der Waals surface area contributed by atoms with Crippen LogP contribution < -0.4 is 4.74 Å². The van der Waals surface area contributed by atoms with Gasteiger partial charge in [-0.1, -0.05) is 30.0 Å². The van der Waals surface area contributed by atoms with Crippen LogP contribution in [0.15, 0.2) is 52.3 Å². The van der Waals surface area contributed by atoms with Crippen LogP contribution in [0.1, 0.15) is 23.6 Å². The van der Waals surface area contributed by atoms with Crippen molar-refractivity contribution in [3.05, 3.63) is 53.6 Å². The van der Waals surface area contributed by atoms with Gasteiger partial charge in [-0.05, 0) is 54.8 Å². The Bertz CT molecular complexity index is 1000. The molecule has 0 saturated carbocycles. The van der Waals surface area contributed by atoms with Crippen LogP contribution in [0.3, 0.4) is 0 Å². The molecule has 0 bridgehead atoms. The lowest BCUT2D eigenvalue weighted by Crippen LogP contribution is -2.48. The van der Waals surface area contributed by atoms with Crippen LogP contribution in [-0.2, 0) is 6.42 Å². The van der Waals surface area contributed by atoms with E-state index in [1.54, 1.807) is 7.11 Å². The highest BCUT2D eigenvalue weighted by atomic mass is 35.5. The first-order valence-corrected chi connectivity index (χ1v) is 12.8. The van der Waals surface area contributed by atoms with E-state index in [1.165, 1.54) is 20.9 Å². The third-order valence-electron chi connectivity index (χ3n) is 7.23. The van der Waals surface area contributed by atoms with Crippen LogP contribution in [0, 0.1) is 0 Å². The lowest BCUT2D eigenvalue weighted by molar-refractivity contribution is 0.0921. The molecule has 0 aliphatic carbocycles. The number of piperazine rings is 1. The standard InChI is InChI=1S/C26H34N4O2S.2ClH/c1-27-12-15-30(26(27)31)11-5-10-28-13-16-29(17-14-28)23-18-20-6-3-4-7-24(20)33-25-9-8-21(32-2)19-22(23)25;;/h3-4,6-9,19,23H,5,10-18H2,1-2H3;2*1H. The van der Waals surface area contributed by atoms with Gasteiger partial charge >= 0.3 is 6.03 Å². The van der Waals surface area contributed by atoms with Crippen molar-refractivity contribution in [3.8, 4) is 5.75 Å². The second-order valence-electron chi connectivity index (χ2n) is 9.26. The lowest BCUT2D eigenvalue weighted by Gasteiger charge is -2.40. The maximum Gasteiger partial charge on any atom is 0.319 e. The number of hydrogen-bond acceptors (Lipinski definition) is 5. The zero-order valence-corrected chi connectivity index (χ0v) is 23.0. The average Bonchev–Trinajstić information content (AvgIpc) is 3.07. The molecule has 0 N–H and O–H groups in total. The number of halogens is 2. The second-order valence-corrected chi connectivity index (χ2v) is 10.3. The van der Waals surface area contributed by atoms with E-state index in [4.69, 9.17) is 4.74 Å². The van der Waals surface area contributed by atoms with Gasteiger partial charge in [-0.15, -0.1) is 24.8 Å². The smallest absolute Gasteiger partial charge is 0.319 e. The fourth-order valence-corrected chi connectivity index (χ4v) is 6.35. The topological polar surface area (TPSA) is 39.3 Å². The molecule has 35 heavy (non-hydrogen) atoms. The van der Waals surface area contributed by atoms with Crippen molar-refractivity contribution in [1.29, 1.82) is 0 Å². The molecule has 6 nitrogen and oxygen atoms in total. The van der Waals surface area contributed by atoms with Gasteiger partial charge in [-0.2, -0.15) is 0 Å². The Kier molecular flexibility index (Phi) is 10.0. The molecule has 2 fully saturated rings. The predicted molar refractivity (Wildman–Crippen MR) is 147 cm³/mol. The molecule has 3 aliphatic heterocycles. The fourth-order valence-electron chi connectivity index (χ4n) is 5.24. The Balaban J connectivity index is 0.00000171. The average molecular weight is 540 g/mol. The van der Waals surface area contributed by atoms with Crippen LogP contribution in [0.25, 0.3) is 0 Å². The summed E-state index contributed by atoms with van der Waals surface area (Å²) in [4.78, 5) is 23.8. The van der Waals surface area contributed by atoms with E-state index in [0.29, 0.717) is 6.04 Å². The predicted octanol–water partition coefficient (Wildman–Crippen LogP) is 4.66. The summed E-state index contributed by atoms with van der Waals surface area (Å²) >= 11 is 1.89. The molecule has 0 spiro atoms. The number of amides is 2. The molecular formula is C26H36Cl2N4O2S. The molecule has 2 aromatic rings. The third kappa shape index (κ3) is 6.20. The Labute approximate surface area is 225 Å². The van der Waals surface area contributed by atoms with Gasteiger partial charge in [-0.3, -0.25) is 4.90 Å². The molecule has 0 aromatic heterocycles. The monoisotopic (exact) mass is 538 g/mol. The van der Waals surface area contributed by atoms with Gasteiger partial charge in [0.15, 0.2) is 0 Å². The minimum Gasteiger partial charge on any atom is -0.497 e. The number of benzene rings is 2. The minimum absolute atomic E-state index is 0. The maximum absolute atomic E-state index is 12.1. The van der Waals surface area contributed by atoms with E-state index >= 15 is 0 Å². The normalized spacial score (nSPS) is 20.4. The summed E-state index contributed by atoms with van der Waals surface area (Å²) in [5.74, 6) is 0.936. The summed E-state index contributed by atoms with van der Waals surface area (Å²) in [5.41, 5.74) is 2.83. The van der Waals surface area contributed by atoms with Crippen LogP contribution in [0.5, 0.6) is 5.75 Å². The highest BCUT2D eigenvalue weighted by Gasteiger charge is 2.30. The van der Waals surface area contributed by atoms with E-state index in [9.17, 15) is 4.79 Å². The SMILES string of the molecule is COc1ccc2c(c1)C(N1CCN(CCCN3CCN(C)C3=O)CC1)Cc1ccccc1S2.Cl.Cl. The summed E-state index contributed by atoms with van der Waals surface area (Å²) in [5, 5.41) is 0. The van der Waals surface area contributed by atoms with Gasteiger partial charge in [0.2, 0.25) is 0 Å². The van der Waals surface area contributed by atoms with Crippen molar-refractivity contribution in [2.24, 2.45) is 0 Å². The molecule has 3 heterocycles. The highest BCUT2D eigenvalue weighted by molar-refractivity contribution is 7.99. The summed E-state index contributed by atoms with van der Waals surface area (Å²) in [7, 11) is 3.64. The highest BCUT2D eigenvalue weighted by Crippen LogP contribution is 2.44. The molecule has 0 radical (unpaired) electrons. The first kappa shape index (κ1) is 27.9. The van der Waals surface area contributed by atoms with Gasteiger partial charge < -0.3 is 19.4 Å². The molecule has 9 heteroatoms. The number of rotatable bonds is 6. The number of carbonyl (C=O) groups excluding carboxylic acids is 1. The molecular weight excluding hydrogens is 503 g/mol. The summed E-state index contributed by atoms with van der Waals surface area (Å²) < 4.78 is 5.58. The zero-order chi connectivity index (χ0) is 22.8. The Morgan fingerprint density at radius 2 is 1.71 bits per heavy atom. The number of likely N-dealkylation sites (N-methyl/N-ethyl adjacent to an activating group) is 1. The van der Waals surface area contributed by atoms with Crippen molar-refractivity contribution in [2.45, 2.75) is 28.7 Å². The molecule has 3 aliphatic rings. The van der Waals surface area contributed by atoms with Crippen molar-refractivity contribution < 1.29 is 9.53 Å². The van der Waals surface area contributed by atoms with Gasteiger partial charge in [-0.25, -0.2) is 4.79 Å². The number of fused-ring (bicyclic) bond motifs is 2. The molecule has 1 unspecified atom stereocenters. The second kappa shape index (κ2) is 12.5. The first-order chi connectivity index (χ1) is 16.1. The number of urea groups is 1.